The molecule has 0 aromatic carbocycles. The van der Waals surface area contributed by atoms with Crippen molar-refractivity contribution in [2.24, 2.45) is 4.99 Å². The first kappa shape index (κ1) is 14.5. The number of ether oxygens (including phenoxy) is 2. The van der Waals surface area contributed by atoms with Crippen molar-refractivity contribution in [1.82, 2.24) is 4.90 Å². The molecule has 0 saturated carbocycles. The van der Waals surface area contributed by atoms with Crippen LogP contribution in [-0.4, -0.2) is 42.2 Å². The summed E-state index contributed by atoms with van der Waals surface area (Å²) in [6.07, 6.45) is 4.39. The van der Waals surface area contributed by atoms with Crippen molar-refractivity contribution in [1.29, 1.82) is 0 Å². The highest BCUT2D eigenvalue weighted by Crippen LogP contribution is 2.20. The van der Waals surface area contributed by atoms with Gasteiger partial charge < -0.3 is 14.4 Å². The Hall–Kier alpha value is -1.52. The highest BCUT2D eigenvalue weighted by molar-refractivity contribution is 5.69. The normalized spacial score (nSPS) is 20.2. The van der Waals surface area contributed by atoms with Crippen LogP contribution in [0.4, 0.5) is 4.79 Å². The Kier molecular flexibility index (Phi) is 5.19. The second kappa shape index (κ2) is 6.42. The second-order valence-corrected chi connectivity index (χ2v) is 5.24. The van der Waals surface area contributed by atoms with Crippen LogP contribution in [0.2, 0.25) is 0 Å². The van der Waals surface area contributed by atoms with Gasteiger partial charge in [-0.2, -0.15) is 0 Å². The number of nitrogens with zero attached hydrogens (tertiary/aromatic N) is 2. The van der Waals surface area contributed by atoms with Crippen LogP contribution in [0.15, 0.2) is 17.8 Å². The van der Waals surface area contributed by atoms with Crippen molar-refractivity contribution in [2.75, 3.05) is 13.2 Å². The fraction of sp³-hybridized carbons (Fsp3) is 0.692. The van der Waals surface area contributed by atoms with Gasteiger partial charge in [-0.05, 0) is 33.6 Å². The molecule has 0 unspecified atom stereocenters. The zero-order chi connectivity index (χ0) is 13.6. The number of likely N-dealkylation sites (tertiary alicyclic amines) is 1. The predicted molar refractivity (Wildman–Crippen MR) is 70.6 cm³/mol. The molecule has 1 fully saturated rings. The second-order valence-electron chi connectivity index (χ2n) is 5.24. The summed E-state index contributed by atoms with van der Waals surface area (Å²) in [6.45, 7) is 10.2. The van der Waals surface area contributed by atoms with Crippen molar-refractivity contribution in [2.45, 2.75) is 45.3 Å². The van der Waals surface area contributed by atoms with Crippen molar-refractivity contribution >= 4 is 12.5 Å². The van der Waals surface area contributed by atoms with Crippen molar-refractivity contribution < 1.29 is 14.3 Å². The Labute approximate surface area is 108 Å². The summed E-state index contributed by atoms with van der Waals surface area (Å²) in [7, 11) is 0. The quantitative estimate of drug-likeness (QED) is 0.572. The molecule has 1 heterocycles. The predicted octanol–water partition coefficient (Wildman–Crippen LogP) is 2.57. The average Bonchev–Trinajstić information content (AvgIpc) is 2.70. The lowest BCUT2D eigenvalue weighted by atomic mass is 10.2. The Morgan fingerprint density at radius 3 is 2.89 bits per heavy atom. The van der Waals surface area contributed by atoms with Crippen LogP contribution in [0.5, 0.6) is 0 Å². The summed E-state index contributed by atoms with van der Waals surface area (Å²) in [5.74, 6) is 0. The highest BCUT2D eigenvalue weighted by atomic mass is 16.6. The average molecular weight is 254 g/mol. The van der Waals surface area contributed by atoms with Crippen molar-refractivity contribution in [3.05, 3.63) is 12.8 Å². The lowest BCUT2D eigenvalue weighted by molar-refractivity contribution is 0.0185. The van der Waals surface area contributed by atoms with E-state index < -0.39 is 5.60 Å². The fourth-order valence-electron chi connectivity index (χ4n) is 1.81. The number of rotatable bonds is 4. The van der Waals surface area contributed by atoms with Gasteiger partial charge in [0.15, 0.2) is 6.40 Å². The monoisotopic (exact) mass is 254 g/mol. The molecule has 5 nitrogen and oxygen atoms in total. The first-order valence-electron chi connectivity index (χ1n) is 6.18. The first-order valence-corrected chi connectivity index (χ1v) is 6.18. The van der Waals surface area contributed by atoms with Crippen LogP contribution >= 0.6 is 0 Å². The Balaban J connectivity index is 2.46. The Morgan fingerprint density at radius 1 is 1.56 bits per heavy atom. The lowest BCUT2D eigenvalue weighted by Gasteiger charge is -2.28. The maximum Gasteiger partial charge on any atom is 0.410 e. The molecule has 1 amide bonds. The molecular formula is C13H22N2O3. The van der Waals surface area contributed by atoms with Gasteiger partial charge in [-0.15, -0.1) is 0 Å². The molecule has 1 rings (SSSR count). The number of carbonyl (C=O) groups is 1. The summed E-state index contributed by atoms with van der Waals surface area (Å²) in [5.41, 5.74) is -0.463. The van der Waals surface area contributed by atoms with Gasteiger partial charge in [-0.3, -0.25) is 0 Å². The Bertz CT molecular complexity index is 321. The molecule has 0 aliphatic carbocycles. The smallest absolute Gasteiger partial charge is 0.410 e. The molecular weight excluding hydrogens is 232 g/mol. The van der Waals surface area contributed by atoms with Crippen LogP contribution in [0, 0.1) is 0 Å². The molecule has 102 valence electrons. The lowest BCUT2D eigenvalue weighted by Crippen LogP contribution is -2.41. The molecule has 18 heavy (non-hydrogen) atoms. The number of carbonyl (C=O) groups excluding carboxylic acids is 1. The van der Waals surface area contributed by atoms with Crippen molar-refractivity contribution in [3.8, 4) is 0 Å². The molecule has 0 radical (unpaired) electrons. The summed E-state index contributed by atoms with van der Waals surface area (Å²) in [5, 5.41) is 0. The minimum Gasteiger partial charge on any atom is -0.481 e. The van der Waals surface area contributed by atoms with Crippen LogP contribution < -0.4 is 0 Å². The van der Waals surface area contributed by atoms with Crippen LogP contribution in [-0.2, 0) is 9.47 Å². The van der Waals surface area contributed by atoms with Crippen LogP contribution in [0.3, 0.4) is 0 Å². The molecule has 1 saturated heterocycles. The van der Waals surface area contributed by atoms with E-state index in [0.29, 0.717) is 6.61 Å². The van der Waals surface area contributed by atoms with E-state index in [0.717, 1.165) is 19.4 Å². The van der Waals surface area contributed by atoms with E-state index in [1.807, 2.05) is 20.8 Å². The zero-order valence-electron chi connectivity index (χ0n) is 11.4. The van der Waals surface area contributed by atoms with Gasteiger partial charge in [-0.25, -0.2) is 9.79 Å². The summed E-state index contributed by atoms with van der Waals surface area (Å²) in [4.78, 5) is 17.4. The van der Waals surface area contributed by atoms with E-state index in [1.54, 1.807) is 4.90 Å². The number of hydrogen-bond donors (Lipinski definition) is 0. The zero-order valence-corrected chi connectivity index (χ0v) is 11.4. The summed E-state index contributed by atoms with van der Waals surface area (Å²) in [6, 6.07) is 0.0658. The number of amides is 1. The third-order valence-electron chi connectivity index (χ3n) is 2.53. The highest BCUT2D eigenvalue weighted by Gasteiger charge is 2.32. The molecule has 0 N–H and O–H groups in total. The standard InChI is InChI=1S/C13H22N2O3/c1-5-14-10-17-9-11-7-6-8-15(11)12(16)18-13(2,3)4/h5,10-11H,1,6-9H2,2-4H3/t11-/m0/s1. The van der Waals surface area contributed by atoms with Crippen molar-refractivity contribution in [3.63, 3.8) is 0 Å². The van der Waals surface area contributed by atoms with Gasteiger partial charge in [0.05, 0.1) is 6.04 Å². The van der Waals surface area contributed by atoms with Gasteiger partial charge in [0, 0.05) is 12.7 Å². The minimum atomic E-state index is -0.463. The van der Waals surface area contributed by atoms with Gasteiger partial charge >= 0.3 is 6.09 Å². The molecule has 5 heteroatoms. The minimum absolute atomic E-state index is 0.0658. The third kappa shape index (κ3) is 4.77. The molecule has 0 spiro atoms. The molecule has 0 aromatic rings. The van der Waals surface area contributed by atoms with E-state index in [9.17, 15) is 4.79 Å². The van der Waals surface area contributed by atoms with E-state index in [4.69, 9.17) is 9.47 Å². The Morgan fingerprint density at radius 2 is 2.28 bits per heavy atom. The van der Waals surface area contributed by atoms with Gasteiger partial charge in [0.1, 0.15) is 12.2 Å². The van der Waals surface area contributed by atoms with E-state index in [-0.39, 0.29) is 12.1 Å². The van der Waals surface area contributed by atoms with Crippen LogP contribution in [0.25, 0.3) is 0 Å². The molecule has 0 aromatic heterocycles. The maximum atomic E-state index is 12.0. The largest absolute Gasteiger partial charge is 0.481 e. The summed E-state index contributed by atoms with van der Waals surface area (Å²) >= 11 is 0. The molecule has 0 bridgehead atoms. The molecule has 1 aliphatic rings. The van der Waals surface area contributed by atoms with E-state index in [1.165, 1.54) is 12.6 Å². The first-order chi connectivity index (χ1) is 8.44. The van der Waals surface area contributed by atoms with E-state index in [2.05, 4.69) is 11.6 Å². The topological polar surface area (TPSA) is 51.1 Å². The van der Waals surface area contributed by atoms with Gasteiger partial charge in [-0.1, -0.05) is 6.58 Å². The van der Waals surface area contributed by atoms with Gasteiger partial charge in [0.25, 0.3) is 0 Å². The van der Waals surface area contributed by atoms with E-state index >= 15 is 0 Å². The maximum absolute atomic E-state index is 12.0. The number of hydrogen-bond acceptors (Lipinski definition) is 4. The van der Waals surface area contributed by atoms with Crippen LogP contribution in [0.1, 0.15) is 33.6 Å². The summed E-state index contributed by atoms with van der Waals surface area (Å²) < 4.78 is 10.6. The fourth-order valence-corrected chi connectivity index (χ4v) is 1.81. The third-order valence-corrected chi connectivity index (χ3v) is 2.53. The molecule has 1 aliphatic heterocycles. The SMILES string of the molecule is C=CN=COC[C@@H]1CCCN1C(=O)OC(C)(C)C. The molecule has 1 atom stereocenters. The van der Waals surface area contributed by atoms with Gasteiger partial charge in [0.2, 0.25) is 0 Å². The number of aliphatic imine (C=N–C) groups is 1.